The van der Waals surface area contributed by atoms with E-state index in [-0.39, 0.29) is 31.6 Å². The number of hydrogen-bond donors (Lipinski definition) is 1. The van der Waals surface area contributed by atoms with Gasteiger partial charge in [-0.1, -0.05) is 111 Å². The van der Waals surface area contributed by atoms with Crippen molar-refractivity contribution in [2.75, 3.05) is 0 Å². The normalized spacial score (nSPS) is 16.8. The molecule has 50 heavy (non-hydrogen) atoms. The van der Waals surface area contributed by atoms with Crippen LogP contribution in [-0.4, -0.2) is 22.1 Å². The minimum Gasteiger partial charge on any atom is -0.504 e. The van der Waals surface area contributed by atoms with Gasteiger partial charge in [0.2, 0.25) is 5.76 Å². The Kier molecular flexibility index (Phi) is 12.0. The Bertz CT molecular complexity index is 1890. The predicted molar refractivity (Wildman–Crippen MR) is 197 cm³/mol. The fraction of sp³-hybridized carbons (Fsp3) is 0.488. The molecule has 0 amide bonds. The monoisotopic (exact) mass is 865 g/mol. The Morgan fingerprint density at radius 2 is 1.50 bits per heavy atom. The van der Waals surface area contributed by atoms with Gasteiger partial charge in [0.05, 0.1) is 5.52 Å². The summed E-state index contributed by atoms with van der Waals surface area (Å²) in [5, 5.41) is 12.3. The second-order valence-corrected chi connectivity index (χ2v) is 17.7. The molecule has 0 aliphatic heterocycles. The first-order valence-electron chi connectivity index (χ1n) is 17.2. The average molecular weight is 865 g/mol. The van der Waals surface area contributed by atoms with E-state index in [1.54, 1.807) is 0 Å². The number of aliphatic hydroxyl groups is 1. The number of nitrogens with zero attached hydrogens (tertiary/aromatic N) is 1. The number of allylic oxidation sites excluding steroid dienone is 2. The zero-order valence-corrected chi connectivity index (χ0v) is 34.1. The van der Waals surface area contributed by atoms with Gasteiger partial charge in [-0.15, -0.1) is 29.1 Å². The van der Waals surface area contributed by atoms with Gasteiger partial charge in [-0.2, -0.15) is 13.2 Å². The molecular weight excluding hydrogens is 812 g/mol. The van der Waals surface area contributed by atoms with E-state index in [2.05, 4.69) is 117 Å². The standard InChI is InChI=1S/C35H42N.C8H11F3O2.Ir/c1-22-14-23(2)32-28(26-19-34(6,7)21-35(8,9)20-26)18-30(36-31(32)15-22)25-16-24-12-10-11-13-27(24)29(17-25)33(3,4)5;1-7(2,3)5(12)4-6(13)8(9,10)11;/h10-15,17-18,26H,19-21H2,1-9H3;4,13H,1-3H3;/q-1;;/b;6-4-;. The van der Waals surface area contributed by atoms with Crippen LogP contribution in [-0.2, 0) is 30.3 Å². The van der Waals surface area contributed by atoms with Crippen LogP contribution in [0.5, 0.6) is 0 Å². The van der Waals surface area contributed by atoms with E-state index in [0.717, 1.165) is 16.8 Å². The topological polar surface area (TPSA) is 50.2 Å². The predicted octanol–water partition coefficient (Wildman–Crippen LogP) is 12.7. The summed E-state index contributed by atoms with van der Waals surface area (Å²) in [4.78, 5) is 16.3. The fourth-order valence-electron chi connectivity index (χ4n) is 7.73. The van der Waals surface area contributed by atoms with Crippen LogP contribution in [0.2, 0.25) is 0 Å². The molecule has 1 N–H and O–H groups in total. The summed E-state index contributed by atoms with van der Waals surface area (Å²) < 4.78 is 35.2. The SMILES string of the molecule is CC(C)(C)C(=O)/C=C(\O)C(F)(F)F.Cc1cc(C)c2c(C3CC(C)(C)CC(C)(C)C3)cc(-c3[c-]c4ccccc4c(C(C)(C)C)c3)nc2c1.[Ir]. The third-order valence-corrected chi connectivity index (χ3v) is 9.43. The van der Waals surface area contributed by atoms with Crippen molar-refractivity contribution < 1.29 is 43.2 Å². The maximum atomic E-state index is 11.7. The molecule has 1 aromatic heterocycles. The van der Waals surface area contributed by atoms with Crippen LogP contribution in [0.4, 0.5) is 13.2 Å². The molecule has 1 radical (unpaired) electrons. The molecule has 0 unspecified atom stereocenters. The zero-order valence-electron chi connectivity index (χ0n) is 31.7. The third-order valence-electron chi connectivity index (χ3n) is 9.43. The van der Waals surface area contributed by atoms with Gasteiger partial charge in [-0.05, 0) is 78.0 Å². The van der Waals surface area contributed by atoms with E-state index in [0.29, 0.717) is 16.7 Å². The molecule has 1 aliphatic rings. The number of halogens is 3. The van der Waals surface area contributed by atoms with E-state index in [9.17, 15) is 18.0 Å². The molecular formula is C43H53F3IrNO2-. The van der Waals surface area contributed by atoms with Gasteiger partial charge in [0, 0.05) is 42.7 Å². The summed E-state index contributed by atoms with van der Waals surface area (Å²) in [5.41, 5.74) is 8.52. The van der Waals surface area contributed by atoms with Gasteiger partial charge in [-0.25, -0.2) is 0 Å². The van der Waals surface area contributed by atoms with Crippen LogP contribution in [0.25, 0.3) is 32.9 Å². The van der Waals surface area contributed by atoms with Crippen molar-refractivity contribution >= 4 is 27.5 Å². The van der Waals surface area contributed by atoms with Crippen LogP contribution >= 0.6 is 0 Å². The van der Waals surface area contributed by atoms with Crippen LogP contribution in [0, 0.1) is 36.2 Å². The average Bonchev–Trinajstić information content (AvgIpc) is 2.93. The molecule has 1 fully saturated rings. The molecule has 7 heteroatoms. The van der Waals surface area contributed by atoms with Gasteiger partial charge in [0.25, 0.3) is 0 Å². The smallest absolute Gasteiger partial charge is 0.448 e. The number of pyridine rings is 1. The molecule has 1 heterocycles. The van der Waals surface area contributed by atoms with Crippen LogP contribution in [0.3, 0.4) is 0 Å². The third kappa shape index (κ3) is 9.85. The number of aryl methyl sites for hydroxylation is 2. The Balaban J connectivity index is 0.000000414. The Hall–Kier alpha value is -3.02. The summed E-state index contributed by atoms with van der Waals surface area (Å²) in [6, 6.07) is 21.8. The van der Waals surface area contributed by atoms with Crippen molar-refractivity contribution in [3.63, 3.8) is 0 Å². The first-order valence-corrected chi connectivity index (χ1v) is 17.2. The second-order valence-electron chi connectivity index (χ2n) is 17.7. The summed E-state index contributed by atoms with van der Waals surface area (Å²) in [5.74, 6) is -2.09. The molecule has 0 bridgehead atoms. The first kappa shape index (κ1) is 41.4. The van der Waals surface area contributed by atoms with Crippen molar-refractivity contribution in [2.24, 2.45) is 16.2 Å². The van der Waals surface area contributed by atoms with Crippen molar-refractivity contribution in [3.8, 4) is 11.3 Å². The number of ketones is 1. The zero-order chi connectivity index (χ0) is 36.9. The van der Waals surface area contributed by atoms with E-state index in [1.165, 1.54) is 78.4 Å². The largest absolute Gasteiger partial charge is 0.504 e. The van der Waals surface area contributed by atoms with Crippen LogP contribution in [0.1, 0.15) is 117 Å². The summed E-state index contributed by atoms with van der Waals surface area (Å²) >= 11 is 0. The molecule has 0 atom stereocenters. The quantitative estimate of drug-likeness (QED) is 0.127. The van der Waals surface area contributed by atoms with E-state index < -0.39 is 23.1 Å². The number of alkyl halides is 3. The Labute approximate surface area is 310 Å². The Morgan fingerprint density at radius 1 is 0.920 bits per heavy atom. The maximum Gasteiger partial charge on any atom is 0.448 e. The van der Waals surface area contributed by atoms with Gasteiger partial charge in [0.1, 0.15) is 0 Å². The van der Waals surface area contributed by atoms with Crippen LogP contribution in [0.15, 0.2) is 60.4 Å². The second kappa shape index (κ2) is 14.5. The number of benzene rings is 3. The summed E-state index contributed by atoms with van der Waals surface area (Å²) in [6.45, 7) is 25.6. The molecule has 1 saturated carbocycles. The van der Waals surface area contributed by atoms with Crippen molar-refractivity contribution in [3.05, 3.63) is 88.7 Å². The maximum absolute atomic E-state index is 11.7. The van der Waals surface area contributed by atoms with Crippen molar-refractivity contribution in [2.45, 2.75) is 120 Å². The molecule has 273 valence electrons. The number of fused-ring (bicyclic) bond motifs is 2. The molecule has 3 nitrogen and oxygen atoms in total. The summed E-state index contributed by atoms with van der Waals surface area (Å²) in [7, 11) is 0. The number of hydrogen-bond acceptors (Lipinski definition) is 3. The number of carbonyl (C=O) groups excluding carboxylic acids is 1. The summed E-state index contributed by atoms with van der Waals surface area (Å²) in [6.07, 6.45) is -0.924. The minimum absolute atomic E-state index is 0. The molecule has 5 rings (SSSR count). The number of rotatable bonds is 3. The van der Waals surface area contributed by atoms with Gasteiger partial charge >= 0.3 is 6.18 Å². The minimum atomic E-state index is -4.85. The molecule has 1 aliphatic carbocycles. The fourth-order valence-corrected chi connectivity index (χ4v) is 7.73. The molecule has 0 saturated heterocycles. The van der Waals surface area contributed by atoms with Crippen molar-refractivity contribution in [1.82, 2.24) is 4.98 Å². The number of carbonyl (C=O) groups is 1. The van der Waals surface area contributed by atoms with E-state index in [4.69, 9.17) is 10.1 Å². The Morgan fingerprint density at radius 3 is 2.04 bits per heavy atom. The number of aliphatic hydroxyl groups excluding tert-OH is 1. The van der Waals surface area contributed by atoms with Gasteiger partial charge < -0.3 is 5.11 Å². The number of aromatic nitrogens is 1. The molecule has 3 aromatic carbocycles. The van der Waals surface area contributed by atoms with E-state index >= 15 is 0 Å². The first-order chi connectivity index (χ1) is 22.3. The molecule has 0 spiro atoms. The van der Waals surface area contributed by atoms with Gasteiger partial charge in [-0.3, -0.25) is 9.78 Å². The van der Waals surface area contributed by atoms with E-state index in [1.807, 2.05) is 0 Å². The van der Waals surface area contributed by atoms with Crippen molar-refractivity contribution in [1.29, 1.82) is 0 Å². The molecule has 4 aromatic rings. The van der Waals surface area contributed by atoms with Crippen LogP contribution < -0.4 is 0 Å². The van der Waals surface area contributed by atoms with Gasteiger partial charge in [0.15, 0.2) is 5.78 Å².